The second kappa shape index (κ2) is 6.51. The minimum Gasteiger partial charge on any atom is -0.386 e. The Kier molecular flexibility index (Phi) is 4.77. The summed E-state index contributed by atoms with van der Waals surface area (Å²) in [6, 6.07) is 6.46. The Hall–Kier alpha value is -2.49. The summed E-state index contributed by atoms with van der Waals surface area (Å²) < 4.78 is 91.2. The maximum absolute atomic E-state index is 14.3. The molecule has 0 amide bonds. The van der Waals surface area contributed by atoms with Crippen LogP contribution in [-0.2, 0) is 26.3 Å². The van der Waals surface area contributed by atoms with E-state index in [1.807, 2.05) is 0 Å². The van der Waals surface area contributed by atoms with Crippen molar-refractivity contribution in [3.63, 3.8) is 0 Å². The van der Waals surface area contributed by atoms with Gasteiger partial charge in [-0.1, -0.05) is 18.2 Å². The highest BCUT2D eigenvalue weighted by Gasteiger charge is 2.53. The molecule has 0 radical (unpaired) electrons. The van der Waals surface area contributed by atoms with E-state index >= 15 is 0 Å². The monoisotopic (exact) mass is 432 g/mol. The number of nitrogens with two attached hydrogens (primary N) is 1. The highest BCUT2D eigenvalue weighted by molar-refractivity contribution is 7.93. The molecule has 4 nitrogen and oxygen atoms in total. The standard InChI is InChI=1S/C19H17F5N2O2S/c1-17(14-7-6-13(20)9-15(14)21)10-29(27,28)18(2,16(25)26-17)11-4-3-5-12(8-11)19(22,23)24/h3-9H,10H2,1-2H3,(H2,25,26)/t17-,18-/m0/s1. The fourth-order valence-corrected chi connectivity index (χ4v) is 5.56. The minimum atomic E-state index is -4.68. The molecule has 0 saturated heterocycles. The largest absolute Gasteiger partial charge is 0.416 e. The highest BCUT2D eigenvalue weighted by Crippen LogP contribution is 2.43. The summed E-state index contributed by atoms with van der Waals surface area (Å²) in [7, 11) is -4.25. The third-order valence-corrected chi connectivity index (χ3v) is 7.83. The van der Waals surface area contributed by atoms with Crippen molar-refractivity contribution in [1.82, 2.24) is 0 Å². The van der Waals surface area contributed by atoms with Gasteiger partial charge in [-0.3, -0.25) is 4.99 Å². The number of alkyl halides is 3. The first kappa shape index (κ1) is 21.2. The molecule has 0 spiro atoms. The van der Waals surface area contributed by atoms with E-state index in [0.29, 0.717) is 12.1 Å². The molecule has 1 aliphatic heterocycles. The van der Waals surface area contributed by atoms with Crippen molar-refractivity contribution in [2.75, 3.05) is 5.75 Å². The Morgan fingerprint density at radius 2 is 1.72 bits per heavy atom. The number of amidine groups is 1. The van der Waals surface area contributed by atoms with Gasteiger partial charge in [0.2, 0.25) is 0 Å². The predicted molar refractivity (Wildman–Crippen MR) is 97.9 cm³/mol. The average Bonchev–Trinajstić information content (AvgIpc) is 2.58. The van der Waals surface area contributed by atoms with Crippen LogP contribution >= 0.6 is 0 Å². The number of halogens is 5. The normalized spacial score (nSPS) is 26.8. The molecule has 0 aliphatic carbocycles. The van der Waals surface area contributed by atoms with E-state index in [2.05, 4.69) is 4.99 Å². The Labute approximate surface area is 164 Å². The first-order chi connectivity index (χ1) is 13.2. The van der Waals surface area contributed by atoms with E-state index in [1.165, 1.54) is 13.0 Å². The number of nitrogens with zero attached hydrogens (tertiary/aromatic N) is 1. The average molecular weight is 432 g/mol. The summed E-state index contributed by atoms with van der Waals surface area (Å²) in [4.78, 5) is 4.16. The van der Waals surface area contributed by atoms with Crippen LogP contribution in [0.2, 0.25) is 0 Å². The summed E-state index contributed by atoms with van der Waals surface area (Å²) in [6.45, 7) is 2.48. The molecule has 2 atom stereocenters. The molecule has 2 aromatic carbocycles. The first-order valence-electron chi connectivity index (χ1n) is 8.42. The van der Waals surface area contributed by atoms with Crippen molar-refractivity contribution in [3.8, 4) is 0 Å². The van der Waals surface area contributed by atoms with E-state index < -0.39 is 55.1 Å². The number of hydrogen-bond acceptors (Lipinski definition) is 4. The molecular weight excluding hydrogens is 415 g/mol. The minimum absolute atomic E-state index is 0.184. The van der Waals surface area contributed by atoms with Crippen molar-refractivity contribution >= 4 is 15.7 Å². The molecule has 2 N–H and O–H groups in total. The van der Waals surface area contributed by atoms with E-state index in [-0.39, 0.29) is 11.1 Å². The van der Waals surface area contributed by atoms with Gasteiger partial charge in [0.25, 0.3) is 0 Å². The summed E-state index contributed by atoms with van der Waals surface area (Å²) in [6.07, 6.45) is -4.68. The molecule has 29 heavy (non-hydrogen) atoms. The summed E-state index contributed by atoms with van der Waals surface area (Å²) in [5, 5.41) is 0. The van der Waals surface area contributed by atoms with Crippen LogP contribution < -0.4 is 5.73 Å². The zero-order valence-electron chi connectivity index (χ0n) is 15.4. The second-order valence-corrected chi connectivity index (χ2v) is 9.60. The number of sulfone groups is 1. The summed E-state index contributed by atoms with van der Waals surface area (Å²) in [5.41, 5.74) is 2.89. The van der Waals surface area contributed by atoms with Gasteiger partial charge in [0.1, 0.15) is 23.0 Å². The summed E-state index contributed by atoms with van der Waals surface area (Å²) >= 11 is 0. The molecule has 0 saturated carbocycles. The van der Waals surface area contributed by atoms with Crippen LogP contribution in [0.25, 0.3) is 0 Å². The van der Waals surface area contributed by atoms with Gasteiger partial charge >= 0.3 is 6.18 Å². The molecule has 0 unspecified atom stereocenters. The van der Waals surface area contributed by atoms with Crippen LogP contribution in [0.1, 0.15) is 30.5 Å². The van der Waals surface area contributed by atoms with Gasteiger partial charge in [-0.05, 0) is 37.6 Å². The van der Waals surface area contributed by atoms with Crippen LogP contribution in [0, 0.1) is 11.6 Å². The second-order valence-electron chi connectivity index (χ2n) is 7.27. The molecular formula is C19H17F5N2O2S. The molecule has 2 aromatic rings. The smallest absolute Gasteiger partial charge is 0.386 e. The van der Waals surface area contributed by atoms with Gasteiger partial charge in [0, 0.05) is 11.6 Å². The van der Waals surface area contributed by atoms with Crippen LogP contribution in [0.15, 0.2) is 47.5 Å². The van der Waals surface area contributed by atoms with Gasteiger partial charge in [-0.25, -0.2) is 17.2 Å². The first-order valence-corrected chi connectivity index (χ1v) is 10.1. The molecule has 0 aromatic heterocycles. The van der Waals surface area contributed by atoms with E-state index in [9.17, 15) is 30.4 Å². The van der Waals surface area contributed by atoms with Crippen LogP contribution in [-0.4, -0.2) is 20.0 Å². The number of aliphatic imine (C=N–C) groups is 1. The Morgan fingerprint density at radius 1 is 1.07 bits per heavy atom. The molecule has 10 heteroatoms. The lowest BCUT2D eigenvalue weighted by Crippen LogP contribution is -2.54. The quantitative estimate of drug-likeness (QED) is 0.732. The molecule has 0 fully saturated rings. The Morgan fingerprint density at radius 3 is 2.28 bits per heavy atom. The maximum atomic E-state index is 14.3. The van der Waals surface area contributed by atoms with Gasteiger partial charge in [-0.2, -0.15) is 13.2 Å². The molecule has 1 aliphatic rings. The van der Waals surface area contributed by atoms with Gasteiger partial charge in [0.05, 0.1) is 11.3 Å². The zero-order valence-corrected chi connectivity index (χ0v) is 16.2. The fourth-order valence-electron chi connectivity index (χ4n) is 3.46. The Balaban J connectivity index is 2.20. The molecule has 156 valence electrons. The van der Waals surface area contributed by atoms with Crippen molar-refractivity contribution in [2.45, 2.75) is 30.3 Å². The van der Waals surface area contributed by atoms with E-state index in [0.717, 1.165) is 31.2 Å². The molecule has 1 heterocycles. The number of rotatable bonds is 2. The fraction of sp³-hybridized carbons (Fsp3) is 0.316. The van der Waals surface area contributed by atoms with E-state index in [1.54, 1.807) is 0 Å². The molecule has 0 bridgehead atoms. The van der Waals surface area contributed by atoms with Gasteiger partial charge in [0.15, 0.2) is 14.6 Å². The predicted octanol–water partition coefficient (Wildman–Crippen LogP) is 3.90. The van der Waals surface area contributed by atoms with E-state index in [4.69, 9.17) is 5.73 Å². The lowest BCUT2D eigenvalue weighted by molar-refractivity contribution is -0.137. The van der Waals surface area contributed by atoms with Crippen molar-refractivity contribution in [2.24, 2.45) is 10.7 Å². The van der Waals surface area contributed by atoms with Crippen molar-refractivity contribution in [1.29, 1.82) is 0 Å². The third-order valence-electron chi connectivity index (χ3n) is 5.20. The van der Waals surface area contributed by atoms with Crippen molar-refractivity contribution < 1.29 is 30.4 Å². The van der Waals surface area contributed by atoms with Crippen LogP contribution in [0.4, 0.5) is 22.0 Å². The third kappa shape index (κ3) is 3.39. The SMILES string of the molecule is C[C@@]1(c2ccc(F)cc2F)CS(=O)(=O)[C@@](C)(c2cccc(C(F)(F)F)c2)C(N)=N1. The summed E-state index contributed by atoms with van der Waals surface area (Å²) in [5.74, 6) is -3.05. The van der Waals surface area contributed by atoms with Crippen molar-refractivity contribution in [3.05, 3.63) is 70.8 Å². The zero-order chi connectivity index (χ0) is 21.8. The lowest BCUT2D eigenvalue weighted by atomic mass is 9.91. The number of benzene rings is 2. The topological polar surface area (TPSA) is 72.5 Å². The number of hydrogen-bond donors (Lipinski definition) is 1. The Bertz CT molecular complexity index is 1110. The highest BCUT2D eigenvalue weighted by atomic mass is 32.2. The van der Waals surface area contributed by atoms with Gasteiger partial charge in [-0.15, -0.1) is 0 Å². The van der Waals surface area contributed by atoms with Crippen LogP contribution in [0.3, 0.4) is 0 Å². The van der Waals surface area contributed by atoms with Gasteiger partial charge < -0.3 is 5.73 Å². The lowest BCUT2D eigenvalue weighted by Gasteiger charge is -2.40. The van der Waals surface area contributed by atoms with Crippen LogP contribution in [0.5, 0.6) is 0 Å². The molecule has 3 rings (SSSR count). The maximum Gasteiger partial charge on any atom is 0.416 e.